The van der Waals surface area contributed by atoms with Crippen molar-refractivity contribution in [2.45, 2.75) is 13.8 Å². The fourth-order valence-electron chi connectivity index (χ4n) is 4.10. The lowest BCUT2D eigenvalue weighted by atomic mass is 10.1. The van der Waals surface area contributed by atoms with Gasteiger partial charge in [0.25, 0.3) is 0 Å². The van der Waals surface area contributed by atoms with Gasteiger partial charge in [-0.05, 0) is 37.6 Å². The van der Waals surface area contributed by atoms with E-state index < -0.39 is 0 Å². The van der Waals surface area contributed by atoms with Gasteiger partial charge in [0, 0.05) is 35.5 Å². The molecule has 6 nitrogen and oxygen atoms in total. The van der Waals surface area contributed by atoms with Crippen LogP contribution in [0.15, 0.2) is 70.1 Å². The number of methoxy groups -OCH3 is 2. The Labute approximate surface area is 191 Å². The highest BCUT2D eigenvalue weighted by Gasteiger charge is 2.16. The summed E-state index contributed by atoms with van der Waals surface area (Å²) in [7, 11) is 3.30. The molecule has 1 aliphatic heterocycles. The minimum absolute atomic E-state index is 0.692. The number of rotatable bonds is 5. The number of aryl methyl sites for hydroxylation is 1. The van der Waals surface area contributed by atoms with Crippen molar-refractivity contribution in [3.63, 3.8) is 0 Å². The Bertz CT molecular complexity index is 1520. The maximum Gasteiger partial charge on any atom is 0.155 e. The first-order valence-corrected chi connectivity index (χ1v) is 10.9. The fraction of sp³-hybridized carbons (Fsp3) is 0.185. The zero-order valence-corrected chi connectivity index (χ0v) is 19.1. The smallest absolute Gasteiger partial charge is 0.155 e. The van der Waals surface area contributed by atoms with E-state index in [2.05, 4.69) is 22.4 Å². The van der Waals surface area contributed by atoms with E-state index in [1.807, 2.05) is 62.4 Å². The normalized spacial score (nSPS) is 11.9. The van der Waals surface area contributed by atoms with Crippen LogP contribution in [0.4, 0.5) is 11.4 Å². The van der Waals surface area contributed by atoms with Gasteiger partial charge < -0.3 is 19.2 Å². The molecule has 0 unspecified atom stereocenters. The molecule has 3 aromatic carbocycles. The van der Waals surface area contributed by atoms with E-state index in [-0.39, 0.29) is 0 Å². The topological polar surface area (TPSA) is 68.9 Å². The van der Waals surface area contributed by atoms with Crippen LogP contribution >= 0.6 is 0 Å². The summed E-state index contributed by atoms with van der Waals surface area (Å²) in [5, 5.41) is 6.48. The molecule has 1 N–H and O–H groups in total. The maximum absolute atomic E-state index is 6.36. The number of aromatic nitrogens is 1. The van der Waals surface area contributed by atoms with Crippen molar-refractivity contribution >= 4 is 33.2 Å². The highest BCUT2D eigenvalue weighted by Crippen LogP contribution is 2.38. The summed E-state index contributed by atoms with van der Waals surface area (Å²) in [6.07, 6.45) is 0. The molecule has 1 aliphatic carbocycles. The van der Waals surface area contributed by atoms with Crippen molar-refractivity contribution in [3.8, 4) is 23.0 Å². The molecule has 6 heteroatoms. The number of ether oxygens (including phenoxy) is 2. The van der Waals surface area contributed by atoms with Crippen molar-refractivity contribution in [2.24, 2.45) is 4.99 Å². The van der Waals surface area contributed by atoms with Crippen LogP contribution in [0.5, 0.6) is 11.5 Å². The molecular weight excluding hydrogens is 414 g/mol. The minimum atomic E-state index is 0.692. The summed E-state index contributed by atoms with van der Waals surface area (Å²) < 4.78 is 17.3. The van der Waals surface area contributed by atoms with Crippen LogP contribution in [-0.4, -0.2) is 25.7 Å². The van der Waals surface area contributed by atoms with Crippen LogP contribution in [-0.2, 0) is 0 Å². The highest BCUT2D eigenvalue weighted by molar-refractivity contribution is 6.10. The third-order valence-electron chi connectivity index (χ3n) is 5.72. The Morgan fingerprint density at radius 3 is 2.52 bits per heavy atom. The molecule has 0 radical (unpaired) electrons. The number of fused-ring (bicyclic) bond motifs is 4. The Morgan fingerprint density at radius 2 is 1.76 bits per heavy atom. The van der Waals surface area contributed by atoms with Gasteiger partial charge in [-0.1, -0.05) is 24.3 Å². The van der Waals surface area contributed by atoms with E-state index in [1.54, 1.807) is 14.2 Å². The molecule has 0 spiro atoms. The standard InChI is InChI=1S/C27H25N3O3/c1-5-28-20-14-25-22(12-16(20)2)30-27-19-9-7-6-8-18(19)21(15-26(27)33-25)29-23-13-17(31-3)10-11-24(23)32-4/h6-15,29H,5H2,1-4H3. The molecule has 2 aliphatic rings. The van der Waals surface area contributed by atoms with Crippen molar-refractivity contribution in [2.75, 3.05) is 26.1 Å². The van der Waals surface area contributed by atoms with Crippen molar-refractivity contribution in [1.29, 1.82) is 0 Å². The van der Waals surface area contributed by atoms with Crippen molar-refractivity contribution in [1.82, 2.24) is 4.98 Å². The lowest BCUT2D eigenvalue weighted by Crippen LogP contribution is -2.09. The first-order chi connectivity index (χ1) is 16.1. The average Bonchev–Trinajstić information content (AvgIpc) is 2.84. The Kier molecular flexibility index (Phi) is 5.34. The van der Waals surface area contributed by atoms with E-state index in [0.29, 0.717) is 17.9 Å². The third-order valence-corrected chi connectivity index (χ3v) is 5.72. The minimum Gasteiger partial charge on any atom is -0.497 e. The molecule has 0 aromatic heterocycles. The summed E-state index contributed by atoms with van der Waals surface area (Å²) in [4.78, 5) is 9.54. The van der Waals surface area contributed by atoms with Crippen LogP contribution in [0, 0.1) is 6.92 Å². The monoisotopic (exact) mass is 439 g/mol. The Morgan fingerprint density at radius 1 is 0.939 bits per heavy atom. The molecule has 0 fully saturated rings. The summed E-state index contributed by atoms with van der Waals surface area (Å²) in [6.45, 7) is 4.79. The fourth-order valence-corrected chi connectivity index (χ4v) is 4.10. The maximum atomic E-state index is 6.36. The summed E-state index contributed by atoms with van der Waals surface area (Å²) in [6, 6.07) is 19.8. The number of hydrogen-bond acceptors (Lipinski definition) is 6. The largest absolute Gasteiger partial charge is 0.497 e. The molecular formula is C27H25N3O3. The number of benzene rings is 4. The average molecular weight is 440 g/mol. The second-order valence-electron chi connectivity index (χ2n) is 7.80. The number of nitrogens with one attached hydrogen (secondary N) is 1. The first-order valence-electron chi connectivity index (χ1n) is 10.9. The van der Waals surface area contributed by atoms with E-state index >= 15 is 0 Å². The molecule has 1 heterocycles. The molecule has 0 amide bonds. The van der Waals surface area contributed by atoms with Gasteiger partial charge in [0.05, 0.1) is 31.0 Å². The zero-order valence-electron chi connectivity index (χ0n) is 19.1. The molecule has 33 heavy (non-hydrogen) atoms. The molecule has 5 rings (SSSR count). The van der Waals surface area contributed by atoms with E-state index in [0.717, 1.165) is 55.8 Å². The highest BCUT2D eigenvalue weighted by atomic mass is 16.5. The number of hydrogen-bond donors (Lipinski definition) is 1. The second kappa shape index (κ2) is 8.47. The lowest BCUT2D eigenvalue weighted by molar-refractivity contribution is 0.405. The predicted octanol–water partition coefficient (Wildman–Crippen LogP) is 6.08. The summed E-state index contributed by atoms with van der Waals surface area (Å²) >= 11 is 0. The van der Waals surface area contributed by atoms with E-state index in [4.69, 9.17) is 18.9 Å². The Balaban J connectivity index is 1.76. The van der Waals surface area contributed by atoms with Gasteiger partial charge in [0.15, 0.2) is 11.3 Å². The van der Waals surface area contributed by atoms with E-state index in [1.165, 1.54) is 0 Å². The van der Waals surface area contributed by atoms with E-state index in [9.17, 15) is 0 Å². The summed E-state index contributed by atoms with van der Waals surface area (Å²) in [5.74, 6) is 2.17. The Hall–Kier alpha value is -4.06. The van der Waals surface area contributed by atoms with Gasteiger partial charge in [-0.3, -0.25) is 4.99 Å². The summed E-state index contributed by atoms with van der Waals surface area (Å²) in [5.41, 5.74) is 5.10. The van der Waals surface area contributed by atoms with Gasteiger partial charge in [-0.2, -0.15) is 0 Å². The van der Waals surface area contributed by atoms with Gasteiger partial charge in [0.2, 0.25) is 0 Å². The quantitative estimate of drug-likeness (QED) is 0.266. The van der Waals surface area contributed by atoms with Crippen molar-refractivity contribution < 1.29 is 13.9 Å². The molecule has 0 bridgehead atoms. The second-order valence-corrected chi connectivity index (χ2v) is 7.80. The van der Waals surface area contributed by atoms with Crippen molar-refractivity contribution in [3.05, 3.63) is 71.6 Å². The van der Waals surface area contributed by atoms with Crippen LogP contribution < -0.4 is 20.1 Å². The van der Waals surface area contributed by atoms with Crippen LogP contribution in [0.1, 0.15) is 12.5 Å². The van der Waals surface area contributed by atoms with Crippen LogP contribution in [0.3, 0.4) is 0 Å². The van der Waals surface area contributed by atoms with Gasteiger partial charge in [-0.15, -0.1) is 0 Å². The molecule has 0 saturated heterocycles. The molecule has 0 atom stereocenters. The zero-order chi connectivity index (χ0) is 22.9. The van der Waals surface area contributed by atoms with Gasteiger partial charge in [-0.25, -0.2) is 4.98 Å². The van der Waals surface area contributed by atoms with Crippen LogP contribution in [0.25, 0.3) is 33.3 Å². The lowest BCUT2D eigenvalue weighted by Gasteiger charge is -2.16. The van der Waals surface area contributed by atoms with Gasteiger partial charge >= 0.3 is 0 Å². The molecule has 0 saturated carbocycles. The third kappa shape index (κ3) is 3.74. The molecule has 166 valence electrons. The van der Waals surface area contributed by atoms with Crippen LogP contribution in [0.2, 0.25) is 0 Å². The van der Waals surface area contributed by atoms with Gasteiger partial charge in [0.1, 0.15) is 22.7 Å². The first kappa shape index (κ1) is 20.8. The molecule has 3 aromatic rings. The number of nitrogens with zero attached hydrogens (tertiary/aromatic N) is 2. The predicted molar refractivity (Wildman–Crippen MR) is 132 cm³/mol. The number of anilines is 2. The SMILES string of the molecule is CCN=c1cc2oc3cc(Nc4cc(OC)ccc4OC)c4ccccc4c3nc-2cc1C.